The van der Waals surface area contributed by atoms with Crippen LogP contribution < -0.4 is 5.32 Å². The molecule has 5 nitrogen and oxygen atoms in total. The molecule has 0 bridgehead atoms. The van der Waals surface area contributed by atoms with E-state index in [9.17, 15) is 5.26 Å². The Morgan fingerprint density at radius 1 is 1.39 bits per heavy atom. The summed E-state index contributed by atoms with van der Waals surface area (Å²) in [6.45, 7) is 4.06. The fraction of sp³-hybridized carbons (Fsp3) is 0.188. The van der Waals surface area contributed by atoms with Crippen molar-refractivity contribution in [3.05, 3.63) is 45.6 Å². The molecular formula is C16H14ClN5S. The number of pyridine rings is 1. The maximum absolute atomic E-state index is 9.40. The molecule has 23 heavy (non-hydrogen) atoms. The van der Waals surface area contributed by atoms with Crippen LogP contribution in [0.25, 0.3) is 10.4 Å². The van der Waals surface area contributed by atoms with E-state index in [1.54, 1.807) is 11.3 Å². The van der Waals surface area contributed by atoms with Crippen LogP contribution in [0.2, 0.25) is 5.15 Å². The van der Waals surface area contributed by atoms with Crippen LogP contribution in [0.1, 0.15) is 23.7 Å². The van der Waals surface area contributed by atoms with E-state index in [2.05, 4.69) is 26.6 Å². The Bertz CT molecular complexity index is 890. The van der Waals surface area contributed by atoms with Gasteiger partial charge in [-0.1, -0.05) is 18.5 Å². The van der Waals surface area contributed by atoms with Gasteiger partial charge in [-0.25, -0.2) is 4.98 Å². The Labute approximate surface area is 143 Å². The number of aromatic amines is 1. The van der Waals surface area contributed by atoms with Crippen LogP contribution >= 0.6 is 22.9 Å². The number of halogens is 1. The van der Waals surface area contributed by atoms with Crippen LogP contribution in [-0.2, 0) is 6.42 Å². The highest BCUT2D eigenvalue weighted by atomic mass is 35.5. The summed E-state index contributed by atoms with van der Waals surface area (Å²) in [5.41, 5.74) is 3.31. The van der Waals surface area contributed by atoms with Crippen molar-refractivity contribution in [2.24, 2.45) is 0 Å². The Morgan fingerprint density at radius 3 is 2.83 bits per heavy atom. The third-order valence-corrected chi connectivity index (χ3v) is 4.79. The van der Waals surface area contributed by atoms with Crippen molar-refractivity contribution in [1.82, 2.24) is 15.2 Å². The number of aromatic nitrogens is 3. The molecule has 3 aromatic rings. The predicted octanol–water partition coefficient (Wildman–Crippen LogP) is 4.67. The lowest BCUT2D eigenvalue weighted by Crippen LogP contribution is -1.98. The molecule has 0 spiro atoms. The van der Waals surface area contributed by atoms with Crippen LogP contribution in [0.3, 0.4) is 0 Å². The topological polar surface area (TPSA) is 77.4 Å². The number of H-pyrrole nitrogens is 1. The molecule has 0 aromatic carbocycles. The molecule has 0 aliphatic rings. The van der Waals surface area contributed by atoms with Gasteiger partial charge in [0.15, 0.2) is 5.82 Å². The molecule has 116 valence electrons. The summed E-state index contributed by atoms with van der Waals surface area (Å²) in [7, 11) is 0. The van der Waals surface area contributed by atoms with Crippen molar-refractivity contribution in [1.29, 1.82) is 5.26 Å². The minimum absolute atomic E-state index is 0.187. The van der Waals surface area contributed by atoms with Gasteiger partial charge in [-0.15, -0.1) is 11.3 Å². The number of aryl methyl sites for hydroxylation is 2. The third-order valence-electron chi connectivity index (χ3n) is 3.46. The normalized spacial score (nSPS) is 10.5. The van der Waals surface area contributed by atoms with E-state index < -0.39 is 0 Å². The van der Waals surface area contributed by atoms with Crippen molar-refractivity contribution in [2.75, 3.05) is 5.32 Å². The Balaban J connectivity index is 2.04. The zero-order valence-electron chi connectivity index (χ0n) is 12.6. The van der Waals surface area contributed by atoms with E-state index in [1.807, 2.05) is 37.4 Å². The molecule has 0 unspecified atom stereocenters. The number of nitriles is 1. The highest BCUT2D eigenvalue weighted by molar-refractivity contribution is 7.13. The quantitative estimate of drug-likeness (QED) is 0.674. The van der Waals surface area contributed by atoms with E-state index in [-0.39, 0.29) is 5.15 Å². The molecular weight excluding hydrogens is 330 g/mol. The summed E-state index contributed by atoms with van der Waals surface area (Å²) < 4.78 is 0. The Morgan fingerprint density at radius 2 is 2.22 bits per heavy atom. The maximum Gasteiger partial charge on any atom is 0.153 e. The highest BCUT2D eigenvalue weighted by Crippen LogP contribution is 2.36. The SMILES string of the molecule is CCc1cc(Nc2cc(-c3sccc3C)c(C#N)c(Cl)n2)n[nH]1. The largest absolute Gasteiger partial charge is 0.323 e. The lowest BCUT2D eigenvalue weighted by atomic mass is 10.1. The molecule has 0 radical (unpaired) electrons. The molecule has 0 aliphatic carbocycles. The number of hydrogen-bond donors (Lipinski definition) is 2. The predicted molar refractivity (Wildman–Crippen MR) is 93.3 cm³/mol. The number of hydrogen-bond acceptors (Lipinski definition) is 5. The average molecular weight is 344 g/mol. The van der Waals surface area contributed by atoms with Crippen molar-refractivity contribution < 1.29 is 0 Å². The molecule has 3 rings (SSSR count). The number of rotatable bonds is 4. The summed E-state index contributed by atoms with van der Waals surface area (Å²) in [4.78, 5) is 5.28. The fourth-order valence-corrected chi connectivity index (χ4v) is 3.44. The van der Waals surface area contributed by atoms with Gasteiger partial charge in [0.25, 0.3) is 0 Å². The van der Waals surface area contributed by atoms with E-state index in [0.29, 0.717) is 17.2 Å². The van der Waals surface area contributed by atoms with Gasteiger partial charge in [0, 0.05) is 22.2 Å². The van der Waals surface area contributed by atoms with Crippen molar-refractivity contribution in [3.8, 4) is 16.5 Å². The third kappa shape index (κ3) is 3.07. The van der Waals surface area contributed by atoms with Crippen LogP contribution in [-0.4, -0.2) is 15.2 Å². The van der Waals surface area contributed by atoms with E-state index in [4.69, 9.17) is 11.6 Å². The lowest BCUT2D eigenvalue weighted by Gasteiger charge is -2.09. The minimum Gasteiger partial charge on any atom is -0.323 e. The average Bonchev–Trinajstić information content (AvgIpc) is 3.15. The number of thiophene rings is 1. The second-order valence-electron chi connectivity index (χ2n) is 5.02. The monoisotopic (exact) mass is 343 g/mol. The zero-order valence-corrected chi connectivity index (χ0v) is 14.2. The standard InChI is InChI=1S/C16H14ClN5S/c1-3-10-6-14(22-21-10)19-13-7-11(12(8-18)16(17)20-13)15-9(2)4-5-23-15/h4-7H,3H2,1-2H3,(H2,19,20,21,22). The first-order valence-electron chi connectivity index (χ1n) is 7.08. The highest BCUT2D eigenvalue weighted by Gasteiger charge is 2.16. The van der Waals surface area contributed by atoms with Crippen molar-refractivity contribution in [3.63, 3.8) is 0 Å². The Hall–Kier alpha value is -2.36. The van der Waals surface area contributed by atoms with E-state index in [0.717, 1.165) is 28.1 Å². The maximum atomic E-state index is 9.40. The van der Waals surface area contributed by atoms with Gasteiger partial charge in [-0.3, -0.25) is 5.10 Å². The van der Waals surface area contributed by atoms with Gasteiger partial charge in [-0.2, -0.15) is 10.4 Å². The van der Waals surface area contributed by atoms with E-state index in [1.165, 1.54) is 0 Å². The molecule has 0 fully saturated rings. The summed E-state index contributed by atoms with van der Waals surface area (Å²) in [6.07, 6.45) is 0.871. The molecule has 0 amide bonds. The second kappa shape index (κ2) is 6.41. The summed E-state index contributed by atoms with van der Waals surface area (Å²) >= 11 is 7.78. The van der Waals surface area contributed by atoms with Crippen molar-refractivity contribution >= 4 is 34.6 Å². The first kappa shape index (κ1) is 15.5. The van der Waals surface area contributed by atoms with Gasteiger partial charge in [0.1, 0.15) is 17.0 Å². The summed E-state index contributed by atoms with van der Waals surface area (Å²) in [5.74, 6) is 1.23. The minimum atomic E-state index is 0.187. The fourth-order valence-electron chi connectivity index (χ4n) is 2.25. The number of nitrogens with one attached hydrogen (secondary N) is 2. The Kier molecular flexibility index (Phi) is 4.33. The van der Waals surface area contributed by atoms with Crippen LogP contribution in [0.4, 0.5) is 11.6 Å². The molecule has 3 heterocycles. The first-order valence-corrected chi connectivity index (χ1v) is 8.34. The van der Waals surface area contributed by atoms with Gasteiger partial charge in [0.2, 0.25) is 0 Å². The number of anilines is 2. The van der Waals surface area contributed by atoms with Gasteiger partial charge >= 0.3 is 0 Å². The van der Waals surface area contributed by atoms with Crippen molar-refractivity contribution in [2.45, 2.75) is 20.3 Å². The van der Waals surface area contributed by atoms with Crippen LogP contribution in [0, 0.1) is 18.3 Å². The van der Waals surface area contributed by atoms with Gasteiger partial charge < -0.3 is 5.32 Å². The molecule has 0 saturated carbocycles. The molecule has 3 aromatic heterocycles. The lowest BCUT2D eigenvalue weighted by molar-refractivity contribution is 0.976. The molecule has 0 atom stereocenters. The number of nitrogens with zero attached hydrogens (tertiary/aromatic N) is 3. The van der Waals surface area contributed by atoms with E-state index >= 15 is 0 Å². The summed E-state index contributed by atoms with van der Waals surface area (Å²) in [5, 5.41) is 21.8. The molecule has 7 heteroatoms. The van der Waals surface area contributed by atoms with Gasteiger partial charge in [0.05, 0.1) is 5.56 Å². The smallest absolute Gasteiger partial charge is 0.153 e. The van der Waals surface area contributed by atoms with Gasteiger partial charge in [-0.05, 0) is 36.4 Å². The molecule has 2 N–H and O–H groups in total. The molecule has 0 aliphatic heterocycles. The van der Waals surface area contributed by atoms with Crippen LogP contribution in [0.5, 0.6) is 0 Å². The second-order valence-corrected chi connectivity index (χ2v) is 6.30. The zero-order chi connectivity index (χ0) is 16.4. The summed E-state index contributed by atoms with van der Waals surface area (Å²) in [6, 6.07) is 7.92. The molecule has 0 saturated heterocycles. The first-order chi connectivity index (χ1) is 11.1. The van der Waals surface area contributed by atoms with Crippen LogP contribution in [0.15, 0.2) is 23.6 Å².